The zero-order valence-corrected chi connectivity index (χ0v) is 11.8. The van der Waals surface area contributed by atoms with Gasteiger partial charge in [0.25, 0.3) is 10.2 Å². The monoisotopic (exact) mass is 303 g/mol. The standard InChI is InChI=1S/C10H20F3N3O2S/c1-8(2)16(6-9-4-3-5-14-9)19(17,18)15-7-10(11,12)13/h8-9,14-15H,3-7H2,1-2H3. The lowest BCUT2D eigenvalue weighted by molar-refractivity contribution is -0.121. The summed E-state index contributed by atoms with van der Waals surface area (Å²) in [5.74, 6) is 0. The van der Waals surface area contributed by atoms with Crippen LogP contribution in [0.1, 0.15) is 26.7 Å². The van der Waals surface area contributed by atoms with Crippen LogP contribution < -0.4 is 10.0 Å². The van der Waals surface area contributed by atoms with Gasteiger partial charge in [0, 0.05) is 18.6 Å². The molecule has 0 radical (unpaired) electrons. The van der Waals surface area contributed by atoms with E-state index in [-0.39, 0.29) is 12.6 Å². The fraction of sp³-hybridized carbons (Fsp3) is 1.00. The molecule has 1 saturated heterocycles. The molecule has 1 aliphatic rings. The zero-order chi connectivity index (χ0) is 14.7. The van der Waals surface area contributed by atoms with Gasteiger partial charge in [0.2, 0.25) is 0 Å². The van der Waals surface area contributed by atoms with Crippen LogP contribution in [0.25, 0.3) is 0 Å². The smallest absolute Gasteiger partial charge is 0.313 e. The SMILES string of the molecule is CC(C)N(CC1CCCN1)S(=O)(=O)NCC(F)(F)F. The second-order valence-corrected chi connectivity index (χ2v) is 6.61. The molecule has 19 heavy (non-hydrogen) atoms. The first-order valence-electron chi connectivity index (χ1n) is 6.18. The summed E-state index contributed by atoms with van der Waals surface area (Å²) in [5, 5.41) is 3.13. The maximum Gasteiger partial charge on any atom is 0.402 e. The summed E-state index contributed by atoms with van der Waals surface area (Å²) in [6.45, 7) is 2.73. The molecule has 1 rings (SSSR count). The van der Waals surface area contributed by atoms with Crippen LogP contribution in [0.4, 0.5) is 13.2 Å². The average molecular weight is 303 g/mol. The van der Waals surface area contributed by atoms with Gasteiger partial charge in [-0.15, -0.1) is 0 Å². The fourth-order valence-electron chi connectivity index (χ4n) is 1.97. The van der Waals surface area contributed by atoms with E-state index in [2.05, 4.69) is 5.32 Å². The van der Waals surface area contributed by atoms with Crippen molar-refractivity contribution in [3.8, 4) is 0 Å². The van der Waals surface area contributed by atoms with Crippen molar-refractivity contribution in [3.63, 3.8) is 0 Å². The van der Waals surface area contributed by atoms with Crippen molar-refractivity contribution in [2.24, 2.45) is 0 Å². The number of nitrogens with one attached hydrogen (secondary N) is 2. The van der Waals surface area contributed by atoms with Gasteiger partial charge in [-0.25, -0.2) is 0 Å². The Balaban J connectivity index is 2.67. The van der Waals surface area contributed by atoms with Gasteiger partial charge < -0.3 is 5.32 Å². The van der Waals surface area contributed by atoms with Crippen molar-refractivity contribution >= 4 is 10.2 Å². The highest BCUT2D eigenvalue weighted by Gasteiger charge is 2.34. The second kappa shape index (κ2) is 6.38. The third-order valence-corrected chi connectivity index (χ3v) is 4.60. The van der Waals surface area contributed by atoms with E-state index in [1.165, 1.54) is 0 Å². The van der Waals surface area contributed by atoms with Crippen molar-refractivity contribution in [1.29, 1.82) is 0 Å². The molecule has 0 amide bonds. The molecule has 114 valence electrons. The Labute approximate surface area is 111 Å². The number of nitrogens with zero attached hydrogens (tertiary/aromatic N) is 1. The molecule has 9 heteroatoms. The van der Waals surface area contributed by atoms with Crippen LogP contribution in [0.15, 0.2) is 0 Å². The van der Waals surface area contributed by atoms with Gasteiger partial charge in [0.15, 0.2) is 0 Å². The summed E-state index contributed by atoms with van der Waals surface area (Å²) < 4.78 is 62.8. The van der Waals surface area contributed by atoms with Crippen LogP contribution in [0.5, 0.6) is 0 Å². The maximum atomic E-state index is 12.1. The molecule has 0 aromatic carbocycles. The van der Waals surface area contributed by atoms with Gasteiger partial charge in [-0.2, -0.15) is 30.6 Å². The first kappa shape index (κ1) is 16.7. The Morgan fingerprint density at radius 2 is 2.05 bits per heavy atom. The molecular formula is C10H20F3N3O2S. The second-order valence-electron chi connectivity index (χ2n) is 4.90. The molecule has 0 aliphatic carbocycles. The Morgan fingerprint density at radius 3 is 2.47 bits per heavy atom. The van der Waals surface area contributed by atoms with E-state index in [9.17, 15) is 21.6 Å². The predicted octanol–water partition coefficient (Wildman–Crippen LogP) is 0.846. The lowest BCUT2D eigenvalue weighted by Gasteiger charge is -2.28. The molecule has 1 aliphatic heterocycles. The minimum Gasteiger partial charge on any atom is -0.313 e. The minimum atomic E-state index is -4.55. The highest BCUT2D eigenvalue weighted by atomic mass is 32.2. The lowest BCUT2D eigenvalue weighted by Crippen LogP contribution is -2.51. The van der Waals surface area contributed by atoms with Crippen molar-refractivity contribution < 1.29 is 21.6 Å². The van der Waals surface area contributed by atoms with Crippen LogP contribution >= 0.6 is 0 Å². The zero-order valence-electron chi connectivity index (χ0n) is 11.0. The molecule has 0 saturated carbocycles. The van der Waals surface area contributed by atoms with E-state index in [0.717, 1.165) is 23.7 Å². The molecule has 1 unspecified atom stereocenters. The molecular weight excluding hydrogens is 283 g/mol. The summed E-state index contributed by atoms with van der Waals surface area (Å²) in [6, 6.07) is -0.391. The molecule has 0 bridgehead atoms. The van der Waals surface area contributed by atoms with Crippen molar-refractivity contribution in [2.45, 2.75) is 44.9 Å². The van der Waals surface area contributed by atoms with Crippen LogP contribution in [0.3, 0.4) is 0 Å². The third kappa shape index (κ3) is 5.64. The predicted molar refractivity (Wildman–Crippen MR) is 65.8 cm³/mol. The van der Waals surface area contributed by atoms with Crippen molar-refractivity contribution in [2.75, 3.05) is 19.6 Å². The van der Waals surface area contributed by atoms with Gasteiger partial charge in [0.05, 0.1) is 0 Å². The van der Waals surface area contributed by atoms with Gasteiger partial charge in [-0.05, 0) is 33.2 Å². The average Bonchev–Trinajstić information content (AvgIpc) is 2.74. The van der Waals surface area contributed by atoms with E-state index in [4.69, 9.17) is 0 Å². The van der Waals surface area contributed by atoms with Crippen LogP contribution in [0.2, 0.25) is 0 Å². The molecule has 1 fully saturated rings. The molecule has 0 aromatic heterocycles. The normalized spacial score (nSPS) is 21.5. The third-order valence-electron chi connectivity index (χ3n) is 2.90. The molecule has 0 spiro atoms. The minimum absolute atomic E-state index is 0.00450. The number of halogens is 3. The number of rotatable bonds is 6. The largest absolute Gasteiger partial charge is 0.402 e. The van der Waals surface area contributed by atoms with Crippen molar-refractivity contribution in [3.05, 3.63) is 0 Å². The van der Waals surface area contributed by atoms with Crippen LogP contribution in [-0.4, -0.2) is 50.6 Å². The molecule has 2 N–H and O–H groups in total. The Morgan fingerprint density at radius 1 is 1.42 bits per heavy atom. The maximum absolute atomic E-state index is 12.1. The topological polar surface area (TPSA) is 61.4 Å². The summed E-state index contributed by atoms with van der Waals surface area (Å²) in [7, 11) is -4.12. The number of hydrogen-bond acceptors (Lipinski definition) is 3. The van der Waals surface area contributed by atoms with E-state index in [1.54, 1.807) is 18.6 Å². The molecule has 0 aromatic rings. The first-order valence-corrected chi connectivity index (χ1v) is 7.62. The van der Waals surface area contributed by atoms with E-state index in [1.807, 2.05) is 0 Å². The van der Waals surface area contributed by atoms with E-state index >= 15 is 0 Å². The fourth-order valence-corrected chi connectivity index (χ4v) is 3.42. The van der Waals surface area contributed by atoms with Gasteiger partial charge >= 0.3 is 6.18 Å². The Bertz CT molecular complexity index is 378. The van der Waals surface area contributed by atoms with Gasteiger partial charge in [-0.1, -0.05) is 0 Å². The Kier molecular flexibility index (Phi) is 5.60. The Hall–Kier alpha value is -0.380. The van der Waals surface area contributed by atoms with Crippen molar-refractivity contribution in [1.82, 2.24) is 14.3 Å². The molecule has 5 nitrogen and oxygen atoms in total. The summed E-state index contributed by atoms with van der Waals surface area (Å²) in [6.07, 6.45) is -2.77. The summed E-state index contributed by atoms with van der Waals surface area (Å²) >= 11 is 0. The summed E-state index contributed by atoms with van der Waals surface area (Å²) in [4.78, 5) is 0. The highest BCUT2D eigenvalue weighted by Crippen LogP contribution is 2.16. The lowest BCUT2D eigenvalue weighted by atomic mass is 10.2. The quantitative estimate of drug-likeness (QED) is 0.764. The number of hydrogen-bond donors (Lipinski definition) is 2. The van der Waals surface area contributed by atoms with E-state index < -0.39 is 29.0 Å². The van der Waals surface area contributed by atoms with E-state index in [0.29, 0.717) is 0 Å². The molecule has 1 heterocycles. The molecule has 1 atom stereocenters. The summed E-state index contributed by atoms with van der Waals surface area (Å²) in [5.41, 5.74) is 0. The first-order chi connectivity index (χ1) is 8.62. The van der Waals surface area contributed by atoms with Gasteiger partial charge in [0.1, 0.15) is 6.54 Å². The highest BCUT2D eigenvalue weighted by molar-refractivity contribution is 7.87. The number of alkyl halides is 3. The van der Waals surface area contributed by atoms with Gasteiger partial charge in [-0.3, -0.25) is 0 Å². The van der Waals surface area contributed by atoms with Crippen LogP contribution in [-0.2, 0) is 10.2 Å². The van der Waals surface area contributed by atoms with Crippen LogP contribution in [0, 0.1) is 0 Å².